The Balaban J connectivity index is 4.49. The van der Waals surface area contributed by atoms with Crippen LogP contribution in [0, 0.1) is 0 Å². The smallest absolute Gasteiger partial charge is 0.306 e. The minimum atomic E-state index is -4.66. The molecule has 11 heteroatoms. The highest BCUT2D eigenvalue weighted by atomic mass is 31.2. The quantitative estimate of drug-likeness (QED) is 0.0160. The zero-order chi connectivity index (χ0) is 43.7. The average Bonchev–Trinajstić information content (AvgIpc) is 3.19. The Morgan fingerprint density at radius 3 is 1.71 bits per heavy atom. The van der Waals surface area contributed by atoms with Crippen LogP contribution in [0.1, 0.15) is 149 Å². The van der Waals surface area contributed by atoms with Gasteiger partial charge in [-0.05, 0) is 77.0 Å². The summed E-state index contributed by atoms with van der Waals surface area (Å²) in [6.07, 6.45) is 47.1. The van der Waals surface area contributed by atoms with E-state index in [0.717, 1.165) is 51.4 Å². The van der Waals surface area contributed by atoms with Gasteiger partial charge in [0.1, 0.15) is 19.8 Å². The second-order valence-electron chi connectivity index (χ2n) is 15.9. The van der Waals surface area contributed by atoms with Gasteiger partial charge in [0.25, 0.3) is 7.82 Å². The first kappa shape index (κ1) is 56.1. The largest absolute Gasteiger partial charge is 0.756 e. The molecule has 0 spiro atoms. The summed E-state index contributed by atoms with van der Waals surface area (Å²) in [6, 6.07) is 0. The van der Waals surface area contributed by atoms with E-state index < -0.39 is 32.5 Å². The Kier molecular flexibility index (Phi) is 37.4. The van der Waals surface area contributed by atoms with Crippen LogP contribution >= 0.6 is 7.82 Å². The highest BCUT2D eigenvalue weighted by Gasteiger charge is 2.21. The fourth-order valence-electron chi connectivity index (χ4n) is 5.38. The number of hydrogen-bond acceptors (Lipinski definition) is 9. The molecule has 0 rings (SSSR count). The van der Waals surface area contributed by atoms with Gasteiger partial charge < -0.3 is 33.0 Å². The molecule has 0 aromatic carbocycles. The van der Waals surface area contributed by atoms with Crippen molar-refractivity contribution in [2.75, 3.05) is 47.5 Å². The van der Waals surface area contributed by atoms with Gasteiger partial charge >= 0.3 is 11.9 Å². The number of likely N-dealkylation sites (N-methyl/N-ethyl adjacent to an activating group) is 1. The van der Waals surface area contributed by atoms with Crippen molar-refractivity contribution >= 4 is 19.8 Å². The molecule has 0 aliphatic heterocycles. The predicted octanol–water partition coefficient (Wildman–Crippen LogP) is 11.1. The number of carbonyl (C=O) groups excluding carboxylic acids is 2. The molecule has 0 aliphatic rings. The zero-order valence-electron chi connectivity index (χ0n) is 37.5. The van der Waals surface area contributed by atoms with Gasteiger partial charge in [0.05, 0.1) is 33.9 Å². The predicted molar refractivity (Wildman–Crippen MR) is 242 cm³/mol. The average molecular weight is 848 g/mol. The number of unbranched alkanes of at least 4 members (excludes halogenated alkanes) is 11. The van der Waals surface area contributed by atoms with Crippen LogP contribution in [-0.2, 0) is 32.7 Å². The highest BCUT2D eigenvalue weighted by Crippen LogP contribution is 2.38. The summed E-state index contributed by atoms with van der Waals surface area (Å²) >= 11 is 0. The third-order valence-corrected chi connectivity index (χ3v) is 10.0. The van der Waals surface area contributed by atoms with Crippen LogP contribution in [0.2, 0.25) is 0 Å². The second kappa shape index (κ2) is 39.3. The third-order valence-electron chi connectivity index (χ3n) is 9.06. The first-order valence-electron chi connectivity index (χ1n) is 22.4. The van der Waals surface area contributed by atoms with E-state index in [9.17, 15) is 24.2 Å². The Hall–Kier alpha value is -2.85. The van der Waals surface area contributed by atoms with Crippen LogP contribution in [0.15, 0.2) is 85.1 Å². The van der Waals surface area contributed by atoms with Gasteiger partial charge in [0.2, 0.25) is 0 Å². The minimum Gasteiger partial charge on any atom is -0.756 e. The number of hydrogen-bond donors (Lipinski definition) is 1. The summed E-state index contributed by atoms with van der Waals surface area (Å²) in [7, 11) is 1.09. The fraction of sp³-hybridized carbons (Fsp3) is 0.667. The van der Waals surface area contributed by atoms with Crippen molar-refractivity contribution in [1.29, 1.82) is 0 Å². The van der Waals surface area contributed by atoms with E-state index in [1.165, 1.54) is 44.9 Å². The maximum atomic E-state index is 12.7. The molecule has 3 atom stereocenters. The van der Waals surface area contributed by atoms with E-state index in [1.807, 2.05) is 58.4 Å². The van der Waals surface area contributed by atoms with E-state index in [4.69, 9.17) is 18.5 Å². The molecule has 0 radical (unpaired) electrons. The molecule has 0 heterocycles. The van der Waals surface area contributed by atoms with Gasteiger partial charge in [-0.3, -0.25) is 14.2 Å². The molecule has 0 bridgehead atoms. The summed E-state index contributed by atoms with van der Waals surface area (Å²) in [5.41, 5.74) is 0. The molecular weight excluding hydrogens is 765 g/mol. The number of esters is 2. The standard InChI is InChI=1S/C48H82NO9P/c1-6-8-9-10-11-12-13-14-15-16-17-21-24-27-30-33-36-39-47(51)55-43-46(44-57-59(53,54)56-42-41-49(3,4)5)58-48(52)40-37-34-31-28-25-22-19-18-20-23-26-29-32-35-38-45(50)7-2/h11-12,14-15,19-20,22-23,28-29,31-32,35,38,45-46,50H,6-10,13,16-18,21,24-27,30,33-34,36-37,39-44H2,1-5H3/b12-11-,15-14-,22-19-,23-20-,31-28-,32-29-,38-35+/t45-,46-/m1/s1. The summed E-state index contributed by atoms with van der Waals surface area (Å²) in [5.74, 6) is -0.939. The van der Waals surface area contributed by atoms with E-state index >= 15 is 0 Å². The molecule has 1 unspecified atom stereocenters. The van der Waals surface area contributed by atoms with Crippen molar-refractivity contribution < 1.29 is 47.2 Å². The van der Waals surface area contributed by atoms with Gasteiger partial charge in [-0.25, -0.2) is 0 Å². The van der Waals surface area contributed by atoms with E-state index in [1.54, 1.807) is 6.08 Å². The number of rotatable bonds is 39. The third kappa shape index (κ3) is 43.1. The number of allylic oxidation sites excluding steroid dienone is 13. The first-order valence-corrected chi connectivity index (χ1v) is 23.9. The van der Waals surface area contributed by atoms with Gasteiger partial charge in [0, 0.05) is 12.8 Å². The van der Waals surface area contributed by atoms with Crippen molar-refractivity contribution in [3.05, 3.63) is 85.1 Å². The lowest BCUT2D eigenvalue weighted by Crippen LogP contribution is -2.37. The van der Waals surface area contributed by atoms with Gasteiger partial charge in [0.15, 0.2) is 6.10 Å². The Bertz CT molecular complexity index is 1300. The number of aliphatic hydroxyl groups is 1. The summed E-state index contributed by atoms with van der Waals surface area (Å²) in [4.78, 5) is 37.5. The summed E-state index contributed by atoms with van der Waals surface area (Å²) in [5, 5.41) is 9.48. The monoisotopic (exact) mass is 848 g/mol. The van der Waals surface area contributed by atoms with Crippen molar-refractivity contribution in [1.82, 2.24) is 0 Å². The van der Waals surface area contributed by atoms with Crippen LogP contribution in [0.5, 0.6) is 0 Å². The van der Waals surface area contributed by atoms with Crippen molar-refractivity contribution in [2.24, 2.45) is 0 Å². The summed E-state index contributed by atoms with van der Waals surface area (Å²) in [6.45, 7) is 3.76. The van der Waals surface area contributed by atoms with Crippen LogP contribution in [-0.4, -0.2) is 81.2 Å². The normalized spacial score (nSPS) is 14.9. The number of phosphoric acid groups is 1. The fourth-order valence-corrected chi connectivity index (χ4v) is 6.10. The second-order valence-corrected chi connectivity index (χ2v) is 17.3. The van der Waals surface area contributed by atoms with E-state index in [-0.39, 0.29) is 32.2 Å². The van der Waals surface area contributed by atoms with Crippen molar-refractivity contribution in [3.63, 3.8) is 0 Å². The lowest BCUT2D eigenvalue weighted by molar-refractivity contribution is -0.870. The zero-order valence-corrected chi connectivity index (χ0v) is 38.4. The van der Waals surface area contributed by atoms with Gasteiger partial charge in [-0.1, -0.05) is 144 Å². The van der Waals surface area contributed by atoms with Gasteiger partial charge in [-0.15, -0.1) is 0 Å². The SMILES string of the molecule is CCCCC/C=C\C/C=C\CCCCCCCCCC(=O)OC[C@H](COP(=O)([O-])OCC[N+](C)(C)C)OC(=O)CCC/C=C\C/C=C\C/C=C\C/C=C\C=C\[C@H](O)CC. The van der Waals surface area contributed by atoms with Crippen LogP contribution < -0.4 is 4.89 Å². The molecule has 10 nitrogen and oxygen atoms in total. The van der Waals surface area contributed by atoms with E-state index in [0.29, 0.717) is 36.7 Å². The molecule has 0 fully saturated rings. The summed E-state index contributed by atoms with van der Waals surface area (Å²) < 4.78 is 33.8. The molecule has 0 aromatic heterocycles. The number of carbonyl (C=O) groups is 2. The van der Waals surface area contributed by atoms with Crippen molar-refractivity contribution in [2.45, 2.75) is 161 Å². The van der Waals surface area contributed by atoms with Crippen LogP contribution in [0.3, 0.4) is 0 Å². The van der Waals surface area contributed by atoms with Crippen LogP contribution in [0.25, 0.3) is 0 Å². The maximum Gasteiger partial charge on any atom is 0.306 e. The maximum absolute atomic E-state index is 12.7. The molecule has 338 valence electrons. The Morgan fingerprint density at radius 1 is 0.627 bits per heavy atom. The van der Waals surface area contributed by atoms with Crippen LogP contribution in [0.4, 0.5) is 0 Å². The number of quaternary nitrogens is 1. The molecule has 0 saturated heterocycles. The number of phosphoric ester groups is 1. The molecule has 59 heavy (non-hydrogen) atoms. The first-order chi connectivity index (χ1) is 28.4. The number of ether oxygens (including phenoxy) is 2. The Labute approximate surface area is 359 Å². The highest BCUT2D eigenvalue weighted by molar-refractivity contribution is 7.45. The Morgan fingerprint density at radius 2 is 1.14 bits per heavy atom. The lowest BCUT2D eigenvalue weighted by atomic mass is 10.1. The lowest BCUT2D eigenvalue weighted by Gasteiger charge is -2.28. The molecule has 0 amide bonds. The van der Waals surface area contributed by atoms with Gasteiger partial charge in [-0.2, -0.15) is 0 Å². The molecule has 0 aromatic rings. The van der Waals surface area contributed by atoms with Crippen molar-refractivity contribution in [3.8, 4) is 0 Å². The molecule has 0 aliphatic carbocycles. The number of nitrogens with zero attached hydrogens (tertiary/aromatic N) is 1. The van der Waals surface area contributed by atoms with E-state index in [2.05, 4.69) is 55.5 Å². The topological polar surface area (TPSA) is 131 Å². The number of aliphatic hydroxyl groups excluding tert-OH is 1. The minimum absolute atomic E-state index is 0.0539. The molecule has 1 N–H and O–H groups in total. The molecule has 0 saturated carbocycles. The molecular formula is C48H82NO9P.